The molecule has 156 valence electrons. The van der Waals surface area contributed by atoms with Crippen LogP contribution < -0.4 is 14.8 Å². The molecule has 0 aliphatic heterocycles. The van der Waals surface area contributed by atoms with Crippen molar-refractivity contribution >= 4 is 17.6 Å². The fourth-order valence-electron chi connectivity index (χ4n) is 2.58. The van der Waals surface area contributed by atoms with Gasteiger partial charge in [-0.15, -0.1) is 0 Å². The summed E-state index contributed by atoms with van der Waals surface area (Å²) in [5.74, 6) is 0.0782. The number of amides is 1. The monoisotopic (exact) mass is 399 g/mol. The molecule has 2 aromatic carbocycles. The zero-order valence-corrected chi connectivity index (χ0v) is 17.5. The van der Waals surface area contributed by atoms with Crippen LogP contribution in [0, 0.1) is 13.8 Å². The van der Waals surface area contributed by atoms with Crippen LogP contribution in [-0.4, -0.2) is 31.7 Å². The third kappa shape index (κ3) is 6.82. The predicted molar refractivity (Wildman–Crippen MR) is 113 cm³/mol. The van der Waals surface area contributed by atoms with Gasteiger partial charge in [-0.25, -0.2) is 4.79 Å². The van der Waals surface area contributed by atoms with Gasteiger partial charge in [0.2, 0.25) is 0 Å². The van der Waals surface area contributed by atoms with Crippen molar-refractivity contribution in [2.45, 2.75) is 40.5 Å². The molecule has 0 heterocycles. The average molecular weight is 399 g/mol. The summed E-state index contributed by atoms with van der Waals surface area (Å²) in [5.41, 5.74) is 3.18. The van der Waals surface area contributed by atoms with E-state index in [1.165, 1.54) is 0 Å². The average Bonchev–Trinajstić information content (AvgIpc) is 2.70. The SMILES string of the molecule is CCCCOc1ccc(C(=O)OCC(=O)Nc2ccc(C)c(C)c2)cc1OCC. The van der Waals surface area contributed by atoms with Crippen molar-refractivity contribution in [3.05, 3.63) is 53.1 Å². The van der Waals surface area contributed by atoms with Gasteiger partial charge >= 0.3 is 5.97 Å². The Morgan fingerprint density at radius 3 is 2.41 bits per heavy atom. The molecule has 1 amide bonds. The van der Waals surface area contributed by atoms with Gasteiger partial charge in [0.15, 0.2) is 18.1 Å². The topological polar surface area (TPSA) is 73.9 Å². The lowest BCUT2D eigenvalue weighted by molar-refractivity contribution is -0.119. The van der Waals surface area contributed by atoms with E-state index >= 15 is 0 Å². The molecule has 0 unspecified atom stereocenters. The Balaban J connectivity index is 1.95. The number of aryl methyl sites for hydroxylation is 2. The van der Waals surface area contributed by atoms with Crippen LogP contribution in [-0.2, 0) is 9.53 Å². The maximum absolute atomic E-state index is 12.3. The normalized spacial score (nSPS) is 10.3. The molecule has 0 saturated heterocycles. The van der Waals surface area contributed by atoms with Crippen LogP contribution in [0.4, 0.5) is 5.69 Å². The van der Waals surface area contributed by atoms with E-state index in [4.69, 9.17) is 14.2 Å². The van der Waals surface area contributed by atoms with Crippen molar-refractivity contribution in [1.82, 2.24) is 0 Å². The zero-order valence-electron chi connectivity index (χ0n) is 17.5. The number of rotatable bonds is 10. The van der Waals surface area contributed by atoms with Crippen LogP contribution in [0.1, 0.15) is 48.2 Å². The van der Waals surface area contributed by atoms with E-state index in [-0.39, 0.29) is 6.61 Å². The summed E-state index contributed by atoms with van der Waals surface area (Å²) in [4.78, 5) is 24.4. The van der Waals surface area contributed by atoms with E-state index in [1.54, 1.807) is 18.2 Å². The third-order valence-electron chi connectivity index (χ3n) is 4.36. The Labute approximate surface area is 172 Å². The quantitative estimate of drug-likeness (QED) is 0.464. The third-order valence-corrected chi connectivity index (χ3v) is 4.36. The Morgan fingerprint density at radius 1 is 0.931 bits per heavy atom. The van der Waals surface area contributed by atoms with Gasteiger partial charge in [-0.05, 0) is 68.7 Å². The van der Waals surface area contributed by atoms with Crippen LogP contribution in [0.15, 0.2) is 36.4 Å². The lowest BCUT2D eigenvalue weighted by Gasteiger charge is -2.13. The van der Waals surface area contributed by atoms with E-state index in [0.29, 0.717) is 36.0 Å². The van der Waals surface area contributed by atoms with Gasteiger partial charge in [0.25, 0.3) is 5.91 Å². The number of esters is 1. The van der Waals surface area contributed by atoms with E-state index in [9.17, 15) is 9.59 Å². The van der Waals surface area contributed by atoms with Crippen molar-refractivity contribution in [2.75, 3.05) is 25.1 Å². The second-order valence-electron chi connectivity index (χ2n) is 6.72. The van der Waals surface area contributed by atoms with Gasteiger partial charge in [0.05, 0.1) is 18.8 Å². The standard InChI is InChI=1S/C23H29NO5/c1-5-7-12-28-20-11-9-18(14-21(20)27-6-2)23(26)29-15-22(25)24-19-10-8-16(3)17(4)13-19/h8-11,13-14H,5-7,12,15H2,1-4H3,(H,24,25). The summed E-state index contributed by atoms with van der Waals surface area (Å²) in [7, 11) is 0. The summed E-state index contributed by atoms with van der Waals surface area (Å²) >= 11 is 0. The molecule has 6 nitrogen and oxygen atoms in total. The molecule has 0 bridgehead atoms. The molecule has 0 atom stereocenters. The van der Waals surface area contributed by atoms with Crippen molar-refractivity contribution < 1.29 is 23.8 Å². The number of carbonyl (C=O) groups excluding carboxylic acids is 2. The Morgan fingerprint density at radius 2 is 1.72 bits per heavy atom. The Hall–Kier alpha value is -3.02. The number of hydrogen-bond donors (Lipinski definition) is 1. The van der Waals surface area contributed by atoms with E-state index < -0.39 is 11.9 Å². The van der Waals surface area contributed by atoms with Crippen LogP contribution in [0.2, 0.25) is 0 Å². The molecule has 6 heteroatoms. The van der Waals surface area contributed by atoms with Gasteiger partial charge in [0.1, 0.15) is 0 Å². The summed E-state index contributed by atoms with van der Waals surface area (Å²) in [6.07, 6.45) is 1.96. The van der Waals surface area contributed by atoms with Crippen LogP contribution >= 0.6 is 0 Å². The van der Waals surface area contributed by atoms with Gasteiger partial charge in [0, 0.05) is 5.69 Å². The minimum absolute atomic E-state index is 0.301. The highest BCUT2D eigenvalue weighted by molar-refractivity contribution is 5.95. The van der Waals surface area contributed by atoms with Gasteiger partial charge < -0.3 is 19.5 Å². The maximum atomic E-state index is 12.3. The molecule has 0 saturated carbocycles. The molecule has 0 fully saturated rings. The number of hydrogen-bond acceptors (Lipinski definition) is 5. The number of carbonyl (C=O) groups is 2. The van der Waals surface area contributed by atoms with Crippen LogP contribution in [0.3, 0.4) is 0 Å². The first-order chi connectivity index (χ1) is 13.9. The molecule has 1 N–H and O–H groups in total. The second kappa shape index (κ2) is 11.1. The highest BCUT2D eigenvalue weighted by Gasteiger charge is 2.14. The van der Waals surface area contributed by atoms with Gasteiger partial charge in [-0.2, -0.15) is 0 Å². The first kappa shape index (κ1) is 22.3. The fraction of sp³-hybridized carbons (Fsp3) is 0.391. The van der Waals surface area contributed by atoms with Crippen LogP contribution in [0.25, 0.3) is 0 Å². The summed E-state index contributed by atoms with van der Waals surface area (Å²) in [6.45, 7) is 8.57. The molecule has 0 radical (unpaired) electrons. The minimum atomic E-state index is -0.596. The highest BCUT2D eigenvalue weighted by atomic mass is 16.5. The zero-order chi connectivity index (χ0) is 21.2. The molecule has 0 spiro atoms. The fourth-order valence-corrected chi connectivity index (χ4v) is 2.58. The summed E-state index contributed by atoms with van der Waals surface area (Å²) < 4.78 is 16.4. The smallest absolute Gasteiger partial charge is 0.338 e. The van der Waals surface area contributed by atoms with Crippen molar-refractivity contribution in [3.8, 4) is 11.5 Å². The molecule has 0 aromatic heterocycles. The predicted octanol–water partition coefficient (Wildman–Crippen LogP) is 4.68. The number of anilines is 1. The number of ether oxygens (including phenoxy) is 3. The van der Waals surface area contributed by atoms with E-state index in [2.05, 4.69) is 12.2 Å². The van der Waals surface area contributed by atoms with Gasteiger partial charge in [-0.1, -0.05) is 19.4 Å². The molecule has 29 heavy (non-hydrogen) atoms. The largest absolute Gasteiger partial charge is 0.490 e. The first-order valence-corrected chi connectivity index (χ1v) is 9.88. The Bertz CT molecular complexity index is 847. The lowest BCUT2D eigenvalue weighted by Crippen LogP contribution is -2.21. The molecule has 0 aliphatic rings. The molecule has 2 aromatic rings. The first-order valence-electron chi connectivity index (χ1n) is 9.88. The number of nitrogens with one attached hydrogen (secondary N) is 1. The summed E-state index contributed by atoms with van der Waals surface area (Å²) in [5, 5.41) is 2.73. The number of benzene rings is 2. The molecule has 0 aliphatic carbocycles. The van der Waals surface area contributed by atoms with Crippen molar-refractivity contribution in [3.63, 3.8) is 0 Å². The highest BCUT2D eigenvalue weighted by Crippen LogP contribution is 2.29. The number of unbranched alkanes of at least 4 members (excludes halogenated alkanes) is 1. The minimum Gasteiger partial charge on any atom is -0.490 e. The molecule has 2 rings (SSSR count). The van der Waals surface area contributed by atoms with Crippen LogP contribution in [0.5, 0.6) is 11.5 Å². The maximum Gasteiger partial charge on any atom is 0.338 e. The molecular formula is C23H29NO5. The van der Waals surface area contributed by atoms with Crippen molar-refractivity contribution in [2.24, 2.45) is 0 Å². The van der Waals surface area contributed by atoms with Crippen molar-refractivity contribution in [1.29, 1.82) is 0 Å². The van der Waals surface area contributed by atoms with E-state index in [0.717, 1.165) is 24.0 Å². The molecular weight excluding hydrogens is 370 g/mol. The second-order valence-corrected chi connectivity index (χ2v) is 6.72. The van der Waals surface area contributed by atoms with Gasteiger partial charge in [-0.3, -0.25) is 4.79 Å². The summed E-state index contributed by atoms with van der Waals surface area (Å²) in [6, 6.07) is 10.5. The Kier molecular flexibility index (Phi) is 8.52. The lowest BCUT2D eigenvalue weighted by atomic mass is 10.1. The van der Waals surface area contributed by atoms with E-state index in [1.807, 2.05) is 39.0 Å².